The lowest BCUT2D eigenvalue weighted by molar-refractivity contribution is -0.154. The summed E-state index contributed by atoms with van der Waals surface area (Å²) in [6.45, 7) is 1.56. The number of aliphatic hydroxyl groups excluding tert-OH is 1. The summed E-state index contributed by atoms with van der Waals surface area (Å²) in [6.07, 6.45) is 10.5. The number of allylic oxidation sites excluding steroid dienone is 1. The van der Waals surface area contributed by atoms with Crippen LogP contribution in [0.5, 0.6) is 0 Å². The van der Waals surface area contributed by atoms with E-state index in [9.17, 15) is 19.5 Å². The molecule has 8 nitrogen and oxygen atoms in total. The van der Waals surface area contributed by atoms with Crippen molar-refractivity contribution in [1.82, 2.24) is 9.80 Å². The van der Waals surface area contributed by atoms with Crippen LogP contribution in [0.4, 0.5) is 0 Å². The van der Waals surface area contributed by atoms with Crippen molar-refractivity contribution in [3.63, 3.8) is 0 Å². The minimum Gasteiger partial charge on any atom is -0.465 e. The molecular weight excluding hydrogens is 460 g/mol. The van der Waals surface area contributed by atoms with Gasteiger partial charge in [0.15, 0.2) is 0 Å². The van der Waals surface area contributed by atoms with Gasteiger partial charge in [-0.25, -0.2) is 0 Å². The number of hydrogen-bond acceptors (Lipinski definition) is 6. The van der Waals surface area contributed by atoms with E-state index in [0.29, 0.717) is 39.1 Å². The summed E-state index contributed by atoms with van der Waals surface area (Å²) in [4.78, 5) is 44.7. The summed E-state index contributed by atoms with van der Waals surface area (Å²) in [5.41, 5.74) is -0.226. The fourth-order valence-corrected chi connectivity index (χ4v) is 6.06. The Morgan fingerprint density at radius 3 is 2.67 bits per heavy atom. The number of aliphatic hydroxyl groups is 1. The van der Waals surface area contributed by atoms with Gasteiger partial charge in [0.1, 0.15) is 17.6 Å². The number of carbonyl (C=O) groups is 3. The van der Waals surface area contributed by atoms with Crippen LogP contribution in [0.25, 0.3) is 0 Å². The molecule has 1 N–H and O–H groups in total. The van der Waals surface area contributed by atoms with Gasteiger partial charge in [0, 0.05) is 26.2 Å². The SMILES string of the molecule is O=C1OCCC/C=C\[C@H]2O[C@]34C=CCN(Cc5ccccc5)C(=O)C3N(CCCCCO)C(=O)[C@@H]4[C@@H]12. The second kappa shape index (κ2) is 10.6. The van der Waals surface area contributed by atoms with Crippen LogP contribution in [-0.4, -0.2) is 76.7 Å². The van der Waals surface area contributed by atoms with Crippen LogP contribution in [-0.2, 0) is 30.4 Å². The number of hydrogen-bond donors (Lipinski definition) is 1. The molecule has 8 heteroatoms. The van der Waals surface area contributed by atoms with Crippen molar-refractivity contribution < 1.29 is 29.0 Å². The van der Waals surface area contributed by atoms with Gasteiger partial charge >= 0.3 is 5.97 Å². The summed E-state index contributed by atoms with van der Waals surface area (Å²) in [5.74, 6) is -2.47. The van der Waals surface area contributed by atoms with Gasteiger partial charge in [0.25, 0.3) is 0 Å². The molecule has 0 radical (unpaired) electrons. The molecule has 2 saturated heterocycles. The predicted molar refractivity (Wildman–Crippen MR) is 131 cm³/mol. The molecule has 1 unspecified atom stereocenters. The number of fused-ring (bicyclic) bond motifs is 2. The largest absolute Gasteiger partial charge is 0.465 e. The van der Waals surface area contributed by atoms with Crippen molar-refractivity contribution in [3.05, 3.63) is 60.2 Å². The number of ether oxygens (including phenoxy) is 2. The average molecular weight is 495 g/mol. The van der Waals surface area contributed by atoms with E-state index in [1.54, 1.807) is 9.80 Å². The third-order valence-electron chi connectivity index (χ3n) is 7.71. The molecule has 0 aliphatic carbocycles. The first-order chi connectivity index (χ1) is 17.6. The first kappa shape index (κ1) is 24.7. The van der Waals surface area contributed by atoms with Gasteiger partial charge in [-0.1, -0.05) is 54.6 Å². The smallest absolute Gasteiger partial charge is 0.312 e. The van der Waals surface area contributed by atoms with E-state index < -0.39 is 35.6 Å². The van der Waals surface area contributed by atoms with Gasteiger partial charge in [-0.05, 0) is 37.7 Å². The van der Waals surface area contributed by atoms with E-state index in [2.05, 4.69) is 0 Å². The minimum atomic E-state index is -1.23. The van der Waals surface area contributed by atoms with E-state index in [1.807, 2.05) is 54.6 Å². The van der Waals surface area contributed by atoms with Crippen LogP contribution in [0, 0.1) is 11.8 Å². The number of benzene rings is 1. The van der Waals surface area contributed by atoms with E-state index >= 15 is 0 Å². The molecule has 1 aromatic carbocycles. The summed E-state index contributed by atoms with van der Waals surface area (Å²) in [7, 11) is 0. The zero-order valence-electron chi connectivity index (χ0n) is 20.5. The molecule has 0 saturated carbocycles. The molecule has 0 bridgehead atoms. The second-order valence-corrected chi connectivity index (χ2v) is 10.0. The van der Waals surface area contributed by atoms with Crippen LogP contribution in [0.15, 0.2) is 54.6 Å². The second-order valence-electron chi connectivity index (χ2n) is 10.0. The fraction of sp³-hybridized carbons (Fsp3) is 0.536. The Labute approximate surface area is 211 Å². The maximum absolute atomic E-state index is 14.1. The standard InChI is InChI=1S/C28H34N2O6/c31-17-8-3-7-16-30-24-26(33)29(19-20-11-4-1-5-12-20)15-10-14-28(24)23(25(30)32)22-21(36-28)13-6-2-9-18-35-27(22)34/h1,4-6,10-14,21-24,31H,2-3,7-9,15-19H2/b13-6-/t21-,22+,23+,24?,28+/m1/s1. The summed E-state index contributed by atoms with van der Waals surface area (Å²) >= 11 is 0. The maximum Gasteiger partial charge on any atom is 0.312 e. The summed E-state index contributed by atoms with van der Waals surface area (Å²) in [5, 5.41) is 9.18. The number of carbonyl (C=O) groups excluding carboxylic acids is 3. The molecular formula is C28H34N2O6. The lowest BCUT2D eigenvalue weighted by Crippen LogP contribution is -2.55. The van der Waals surface area contributed by atoms with Crippen LogP contribution >= 0.6 is 0 Å². The zero-order valence-corrected chi connectivity index (χ0v) is 20.5. The maximum atomic E-state index is 14.1. The van der Waals surface area contributed by atoms with Crippen LogP contribution in [0.2, 0.25) is 0 Å². The lowest BCUT2D eigenvalue weighted by Gasteiger charge is -2.35. The number of cyclic esters (lactones) is 1. The van der Waals surface area contributed by atoms with Gasteiger partial charge in [0.2, 0.25) is 11.8 Å². The predicted octanol–water partition coefficient (Wildman–Crippen LogP) is 2.22. The fourth-order valence-electron chi connectivity index (χ4n) is 6.06. The Bertz CT molecular complexity index is 1040. The number of amides is 2. The zero-order chi connectivity index (χ0) is 25.1. The lowest BCUT2D eigenvalue weighted by atomic mass is 9.78. The normalized spacial score (nSPS) is 32.6. The number of esters is 1. The van der Waals surface area contributed by atoms with Crippen molar-refractivity contribution in [2.24, 2.45) is 11.8 Å². The average Bonchev–Trinajstić information content (AvgIpc) is 3.29. The number of likely N-dealkylation sites (tertiary alicyclic amines) is 1. The van der Waals surface area contributed by atoms with Crippen LogP contribution < -0.4 is 0 Å². The topological polar surface area (TPSA) is 96.4 Å². The first-order valence-corrected chi connectivity index (χ1v) is 13.0. The Hall–Kier alpha value is -2.97. The van der Waals surface area contributed by atoms with E-state index in [-0.39, 0.29) is 18.4 Å². The van der Waals surface area contributed by atoms with Crippen LogP contribution in [0.1, 0.15) is 37.7 Å². The molecule has 4 heterocycles. The number of unbranched alkanes of at least 4 members (excludes halogenated alkanes) is 2. The van der Waals surface area contributed by atoms with Gasteiger partial charge < -0.3 is 24.4 Å². The highest BCUT2D eigenvalue weighted by molar-refractivity contribution is 5.99. The van der Waals surface area contributed by atoms with E-state index in [0.717, 1.165) is 24.8 Å². The van der Waals surface area contributed by atoms with Gasteiger partial charge in [-0.15, -0.1) is 0 Å². The highest BCUT2D eigenvalue weighted by Crippen LogP contribution is 2.53. The van der Waals surface area contributed by atoms with Crippen LogP contribution in [0.3, 0.4) is 0 Å². The molecule has 36 heavy (non-hydrogen) atoms. The number of nitrogens with zero attached hydrogens (tertiary/aromatic N) is 2. The Morgan fingerprint density at radius 2 is 1.86 bits per heavy atom. The Morgan fingerprint density at radius 1 is 1.03 bits per heavy atom. The van der Waals surface area contributed by atoms with E-state index in [4.69, 9.17) is 9.47 Å². The quantitative estimate of drug-likeness (QED) is 0.355. The molecule has 2 fully saturated rings. The molecule has 1 spiro atoms. The highest BCUT2D eigenvalue weighted by atomic mass is 16.6. The highest BCUT2D eigenvalue weighted by Gasteiger charge is 2.71. The molecule has 192 valence electrons. The third kappa shape index (κ3) is 4.37. The first-order valence-electron chi connectivity index (χ1n) is 13.0. The number of rotatable bonds is 7. The molecule has 0 aromatic heterocycles. The molecule has 5 atom stereocenters. The van der Waals surface area contributed by atoms with E-state index in [1.165, 1.54) is 0 Å². The van der Waals surface area contributed by atoms with Crippen molar-refractivity contribution in [3.8, 4) is 0 Å². The molecule has 4 aliphatic heterocycles. The monoisotopic (exact) mass is 494 g/mol. The molecule has 2 amide bonds. The van der Waals surface area contributed by atoms with Crippen molar-refractivity contribution in [2.45, 2.75) is 56.4 Å². The minimum absolute atomic E-state index is 0.0848. The molecule has 5 rings (SSSR count). The van der Waals surface area contributed by atoms with Crippen molar-refractivity contribution in [2.75, 3.05) is 26.3 Å². The third-order valence-corrected chi connectivity index (χ3v) is 7.71. The molecule has 1 aromatic rings. The molecule has 4 aliphatic rings. The van der Waals surface area contributed by atoms with Gasteiger partial charge in [-0.2, -0.15) is 0 Å². The van der Waals surface area contributed by atoms with Crippen molar-refractivity contribution >= 4 is 17.8 Å². The van der Waals surface area contributed by atoms with Gasteiger partial charge in [0.05, 0.1) is 18.6 Å². The summed E-state index contributed by atoms with van der Waals surface area (Å²) in [6, 6.07) is 8.91. The van der Waals surface area contributed by atoms with Crippen molar-refractivity contribution in [1.29, 1.82) is 0 Å². The Balaban J connectivity index is 1.52. The van der Waals surface area contributed by atoms with Gasteiger partial charge in [-0.3, -0.25) is 14.4 Å². The summed E-state index contributed by atoms with van der Waals surface area (Å²) < 4.78 is 12.1. The Kier molecular flexibility index (Phi) is 7.25.